The first-order valence-electron chi connectivity index (χ1n) is 6.46. The second-order valence-electron chi connectivity index (χ2n) is 4.51. The third-order valence-electron chi connectivity index (χ3n) is 2.99. The highest BCUT2D eigenvalue weighted by Gasteiger charge is 2.21. The summed E-state index contributed by atoms with van der Waals surface area (Å²) in [7, 11) is 0. The Bertz CT molecular complexity index is 627. The van der Waals surface area contributed by atoms with Crippen LogP contribution in [-0.4, -0.2) is 17.8 Å². The Hall–Kier alpha value is -2.62. The topological polar surface area (TPSA) is 50.7 Å². The van der Waals surface area contributed by atoms with Crippen LogP contribution in [-0.2, 0) is 16.1 Å². The van der Waals surface area contributed by atoms with Crippen LogP contribution in [0.15, 0.2) is 71.5 Å². The number of hydrogen-bond donors (Lipinski definition) is 1. The van der Waals surface area contributed by atoms with Gasteiger partial charge < -0.3 is 10.1 Å². The third kappa shape index (κ3) is 2.85. The van der Waals surface area contributed by atoms with Crippen molar-refractivity contribution in [2.24, 2.45) is 4.99 Å². The molecule has 0 saturated heterocycles. The fourth-order valence-electron chi connectivity index (χ4n) is 1.99. The molecule has 1 atom stereocenters. The summed E-state index contributed by atoms with van der Waals surface area (Å²) < 4.78 is 5.46. The van der Waals surface area contributed by atoms with Crippen LogP contribution in [0.1, 0.15) is 5.56 Å². The van der Waals surface area contributed by atoms with E-state index in [0.29, 0.717) is 12.3 Å². The van der Waals surface area contributed by atoms with E-state index < -0.39 is 0 Å². The lowest BCUT2D eigenvalue weighted by molar-refractivity contribution is -0.116. The molecule has 100 valence electrons. The summed E-state index contributed by atoms with van der Waals surface area (Å²) in [6.07, 6.45) is 9.36. The molecule has 0 spiro atoms. The summed E-state index contributed by atoms with van der Waals surface area (Å²) >= 11 is 0. The van der Waals surface area contributed by atoms with Crippen molar-refractivity contribution >= 4 is 11.8 Å². The minimum absolute atomic E-state index is 0.111. The average molecular weight is 266 g/mol. The number of benzene rings is 1. The fraction of sp³-hybridized carbons (Fsp3) is 0.125. The molecule has 1 amide bonds. The summed E-state index contributed by atoms with van der Waals surface area (Å²) in [5.74, 6) is 0.465. The number of amides is 1. The second-order valence-corrected chi connectivity index (χ2v) is 4.51. The van der Waals surface area contributed by atoms with Gasteiger partial charge in [-0.3, -0.25) is 4.79 Å². The highest BCUT2D eigenvalue weighted by atomic mass is 16.5. The molecule has 2 aliphatic rings. The van der Waals surface area contributed by atoms with Gasteiger partial charge in [-0.15, -0.1) is 0 Å². The molecule has 1 unspecified atom stereocenters. The van der Waals surface area contributed by atoms with Crippen LogP contribution in [0.5, 0.6) is 0 Å². The number of nitrogens with zero attached hydrogens (tertiary/aromatic N) is 1. The molecule has 1 N–H and O–H groups in total. The molecule has 4 nitrogen and oxygen atoms in total. The van der Waals surface area contributed by atoms with Crippen molar-refractivity contribution in [1.82, 2.24) is 5.32 Å². The number of aliphatic imine (C=N–C) groups is 1. The number of carbonyl (C=O) groups is 1. The number of carbonyl (C=O) groups excluding carboxylic acids is 1. The van der Waals surface area contributed by atoms with E-state index in [4.69, 9.17) is 4.74 Å². The van der Waals surface area contributed by atoms with Crippen LogP contribution < -0.4 is 5.32 Å². The molecule has 2 bridgehead atoms. The van der Waals surface area contributed by atoms with Gasteiger partial charge in [-0.05, 0) is 17.7 Å². The van der Waals surface area contributed by atoms with Gasteiger partial charge in [0, 0.05) is 6.54 Å². The van der Waals surface area contributed by atoms with Crippen molar-refractivity contribution in [3.63, 3.8) is 0 Å². The predicted octanol–water partition coefficient (Wildman–Crippen LogP) is 2.11. The largest absolute Gasteiger partial charge is 0.435 e. The molecule has 4 heteroatoms. The Labute approximate surface area is 117 Å². The van der Waals surface area contributed by atoms with Gasteiger partial charge >= 0.3 is 5.91 Å². The monoisotopic (exact) mass is 266 g/mol. The maximum atomic E-state index is 12.1. The minimum atomic E-state index is -0.298. The highest BCUT2D eigenvalue weighted by molar-refractivity contribution is 6.35. The van der Waals surface area contributed by atoms with Gasteiger partial charge in [0.1, 0.15) is 5.76 Å². The molecule has 1 aromatic carbocycles. The Kier molecular flexibility index (Phi) is 3.46. The quantitative estimate of drug-likeness (QED) is 0.911. The van der Waals surface area contributed by atoms with E-state index in [1.165, 1.54) is 0 Å². The van der Waals surface area contributed by atoms with Crippen molar-refractivity contribution in [3.05, 3.63) is 72.0 Å². The number of ether oxygens (including phenoxy) is 1. The van der Waals surface area contributed by atoms with E-state index in [1.807, 2.05) is 60.7 Å². The number of allylic oxidation sites excluding steroid dienone is 3. The van der Waals surface area contributed by atoms with Crippen molar-refractivity contribution in [2.75, 3.05) is 0 Å². The van der Waals surface area contributed by atoms with Crippen LogP contribution in [0.2, 0.25) is 0 Å². The zero-order valence-electron chi connectivity index (χ0n) is 10.8. The first kappa shape index (κ1) is 12.4. The van der Waals surface area contributed by atoms with Crippen molar-refractivity contribution in [1.29, 1.82) is 0 Å². The standard InChI is InChI=1S/C16H14N2O2/c19-15(17-11-12-6-2-1-3-7-12)16-18-13-8-4-5-9-14(10-13)20-16/h1-10,13H,11H2,(H,17,19). The third-order valence-corrected chi connectivity index (χ3v) is 2.99. The number of nitrogens with one attached hydrogen (secondary N) is 1. The molecule has 3 rings (SSSR count). The van der Waals surface area contributed by atoms with Gasteiger partial charge in [0.15, 0.2) is 0 Å². The Morgan fingerprint density at radius 2 is 2.10 bits per heavy atom. The van der Waals surface area contributed by atoms with Crippen LogP contribution in [0.25, 0.3) is 0 Å². The summed E-state index contributed by atoms with van der Waals surface area (Å²) in [4.78, 5) is 16.3. The summed E-state index contributed by atoms with van der Waals surface area (Å²) in [6, 6.07) is 9.59. The van der Waals surface area contributed by atoms with E-state index in [1.54, 1.807) is 0 Å². The Morgan fingerprint density at radius 3 is 2.95 bits per heavy atom. The molecular formula is C16H14N2O2. The molecule has 1 heterocycles. The zero-order valence-corrected chi connectivity index (χ0v) is 10.8. The second kappa shape index (κ2) is 5.57. The Balaban J connectivity index is 1.65. The number of fused-ring (bicyclic) bond motifs is 1. The maximum Gasteiger partial charge on any atom is 0.307 e. The highest BCUT2D eigenvalue weighted by Crippen LogP contribution is 2.16. The van der Waals surface area contributed by atoms with Gasteiger partial charge in [0.05, 0.1) is 6.04 Å². The summed E-state index contributed by atoms with van der Waals surface area (Å²) in [5.41, 5.74) is 1.04. The first-order chi connectivity index (χ1) is 9.81. The van der Waals surface area contributed by atoms with Crippen molar-refractivity contribution in [2.45, 2.75) is 12.6 Å². The summed E-state index contributed by atoms with van der Waals surface area (Å²) in [6.45, 7) is 0.456. The van der Waals surface area contributed by atoms with Gasteiger partial charge in [0.25, 0.3) is 5.90 Å². The smallest absolute Gasteiger partial charge is 0.307 e. The molecule has 0 fully saturated rings. The number of rotatable bonds is 3. The van der Waals surface area contributed by atoms with E-state index in [9.17, 15) is 4.79 Å². The van der Waals surface area contributed by atoms with Gasteiger partial charge in [-0.2, -0.15) is 0 Å². The lowest BCUT2D eigenvalue weighted by Crippen LogP contribution is -2.34. The van der Waals surface area contributed by atoms with E-state index in [0.717, 1.165) is 5.56 Å². The molecule has 20 heavy (non-hydrogen) atoms. The van der Waals surface area contributed by atoms with Crippen LogP contribution in [0.3, 0.4) is 0 Å². The van der Waals surface area contributed by atoms with E-state index in [-0.39, 0.29) is 17.8 Å². The van der Waals surface area contributed by atoms with E-state index >= 15 is 0 Å². The maximum absolute atomic E-state index is 12.1. The molecule has 0 saturated carbocycles. The van der Waals surface area contributed by atoms with E-state index in [2.05, 4.69) is 10.3 Å². The predicted molar refractivity (Wildman–Crippen MR) is 77.0 cm³/mol. The lowest BCUT2D eigenvalue weighted by atomic mass is 10.2. The fourth-order valence-corrected chi connectivity index (χ4v) is 1.99. The molecule has 1 aliphatic carbocycles. The molecule has 1 aliphatic heterocycles. The molecular weight excluding hydrogens is 252 g/mol. The van der Waals surface area contributed by atoms with Crippen molar-refractivity contribution in [3.8, 4) is 0 Å². The molecule has 1 aromatic rings. The van der Waals surface area contributed by atoms with Crippen LogP contribution >= 0.6 is 0 Å². The first-order valence-corrected chi connectivity index (χ1v) is 6.46. The van der Waals surface area contributed by atoms with Gasteiger partial charge in [-0.25, -0.2) is 4.99 Å². The van der Waals surface area contributed by atoms with Crippen LogP contribution in [0.4, 0.5) is 0 Å². The lowest BCUT2D eigenvalue weighted by Gasteiger charge is -2.16. The van der Waals surface area contributed by atoms with Gasteiger partial charge in [0.2, 0.25) is 0 Å². The normalized spacial score (nSPS) is 19.5. The summed E-state index contributed by atoms with van der Waals surface area (Å²) in [5, 5.41) is 2.81. The van der Waals surface area contributed by atoms with Crippen molar-refractivity contribution < 1.29 is 9.53 Å². The van der Waals surface area contributed by atoms with Crippen LogP contribution in [0, 0.1) is 0 Å². The zero-order chi connectivity index (χ0) is 13.8. The van der Waals surface area contributed by atoms with Gasteiger partial charge in [-0.1, -0.05) is 48.6 Å². The number of hydrogen-bond acceptors (Lipinski definition) is 3. The molecule has 0 aromatic heterocycles. The Morgan fingerprint density at radius 1 is 1.25 bits per heavy atom. The SMILES string of the molecule is O=C(NCc1ccccc1)C1=NC2C=CC=CC(=C2)O1. The minimum Gasteiger partial charge on any atom is -0.435 e. The average Bonchev–Trinajstić information content (AvgIpc) is 2.66. The molecule has 0 radical (unpaired) electrons.